The van der Waals surface area contributed by atoms with E-state index in [2.05, 4.69) is 10.3 Å². The maximum Gasteiger partial charge on any atom is 0.139 e. The Morgan fingerprint density at radius 1 is 1.50 bits per heavy atom. The highest BCUT2D eigenvalue weighted by atomic mass is 35.5. The highest BCUT2D eigenvalue weighted by Crippen LogP contribution is 2.18. The topological polar surface area (TPSA) is 54.4 Å². The second-order valence-corrected chi connectivity index (χ2v) is 3.66. The fourth-order valence-electron chi connectivity index (χ4n) is 1.39. The van der Waals surface area contributed by atoms with E-state index in [-0.39, 0.29) is 6.10 Å². The maximum atomic E-state index is 9.48. The molecule has 0 aliphatic carbocycles. The van der Waals surface area contributed by atoms with Gasteiger partial charge in [0.25, 0.3) is 0 Å². The van der Waals surface area contributed by atoms with Crippen LogP contribution in [0.2, 0.25) is 5.02 Å². The van der Waals surface area contributed by atoms with Crippen molar-refractivity contribution >= 4 is 11.6 Å². The Morgan fingerprint density at radius 2 is 2.36 bits per heavy atom. The van der Waals surface area contributed by atoms with Crippen molar-refractivity contribution < 1.29 is 9.84 Å². The lowest BCUT2D eigenvalue weighted by Gasteiger charge is -2.15. The first kappa shape index (κ1) is 9.71. The molecule has 0 aromatic carbocycles. The van der Waals surface area contributed by atoms with Crippen molar-refractivity contribution in [2.75, 3.05) is 13.1 Å². The predicted octanol–water partition coefficient (Wildman–Crippen LogP) is 0.446. The summed E-state index contributed by atoms with van der Waals surface area (Å²) in [5.41, 5.74) is 0. The first-order chi connectivity index (χ1) is 6.75. The van der Waals surface area contributed by atoms with Crippen LogP contribution in [0.3, 0.4) is 0 Å². The minimum atomic E-state index is -0.464. The van der Waals surface area contributed by atoms with Crippen LogP contribution in [0.15, 0.2) is 18.5 Å². The van der Waals surface area contributed by atoms with E-state index in [0.29, 0.717) is 23.9 Å². The summed E-state index contributed by atoms with van der Waals surface area (Å²) in [6.45, 7) is 1.21. The van der Waals surface area contributed by atoms with Crippen molar-refractivity contribution in [2.24, 2.45) is 0 Å². The lowest BCUT2D eigenvalue weighted by molar-refractivity contribution is 0.0735. The average molecular weight is 215 g/mol. The van der Waals surface area contributed by atoms with Crippen LogP contribution >= 0.6 is 11.6 Å². The number of nitrogens with one attached hydrogen (secondary N) is 1. The van der Waals surface area contributed by atoms with Crippen molar-refractivity contribution in [1.29, 1.82) is 0 Å². The normalized spacial score (nSPS) is 26.4. The van der Waals surface area contributed by atoms with Crippen molar-refractivity contribution in [2.45, 2.75) is 12.2 Å². The van der Waals surface area contributed by atoms with Crippen LogP contribution in [0.4, 0.5) is 0 Å². The zero-order valence-electron chi connectivity index (χ0n) is 7.48. The van der Waals surface area contributed by atoms with Gasteiger partial charge in [-0.25, -0.2) is 0 Å². The van der Waals surface area contributed by atoms with Crippen LogP contribution in [0.25, 0.3) is 0 Å². The molecule has 2 heterocycles. The number of aliphatic hydroxyl groups excluding tert-OH is 1. The molecular formula is C9H11ClN2O2. The highest BCUT2D eigenvalue weighted by molar-refractivity contribution is 6.30. The number of hydrogen-bond donors (Lipinski definition) is 2. The number of nitrogens with zero attached hydrogens (tertiary/aromatic N) is 1. The Hall–Kier alpha value is -0.840. The number of rotatable bonds is 2. The molecular weight excluding hydrogens is 204 g/mol. The molecule has 0 bridgehead atoms. The van der Waals surface area contributed by atoms with Gasteiger partial charge in [0.15, 0.2) is 0 Å². The number of aromatic nitrogens is 1. The van der Waals surface area contributed by atoms with Crippen LogP contribution in [0.1, 0.15) is 0 Å². The van der Waals surface area contributed by atoms with Gasteiger partial charge >= 0.3 is 0 Å². The summed E-state index contributed by atoms with van der Waals surface area (Å²) in [4.78, 5) is 3.89. The van der Waals surface area contributed by atoms with Crippen LogP contribution in [-0.2, 0) is 0 Å². The van der Waals surface area contributed by atoms with Crippen LogP contribution in [0.5, 0.6) is 5.75 Å². The fraction of sp³-hybridized carbons (Fsp3) is 0.444. The second-order valence-electron chi connectivity index (χ2n) is 3.22. The fourth-order valence-corrected chi connectivity index (χ4v) is 1.56. The predicted molar refractivity (Wildman–Crippen MR) is 52.5 cm³/mol. The van der Waals surface area contributed by atoms with Gasteiger partial charge in [-0.1, -0.05) is 11.6 Å². The third kappa shape index (κ3) is 2.15. The van der Waals surface area contributed by atoms with E-state index >= 15 is 0 Å². The minimum absolute atomic E-state index is 0.213. The second kappa shape index (κ2) is 4.13. The van der Waals surface area contributed by atoms with E-state index in [1.165, 1.54) is 6.20 Å². The molecule has 1 aliphatic heterocycles. The third-order valence-electron chi connectivity index (χ3n) is 2.10. The Balaban J connectivity index is 2.03. The molecule has 0 amide bonds. The average Bonchev–Trinajstić information content (AvgIpc) is 2.52. The zero-order chi connectivity index (χ0) is 9.97. The summed E-state index contributed by atoms with van der Waals surface area (Å²) < 4.78 is 5.51. The summed E-state index contributed by atoms with van der Waals surface area (Å²) >= 11 is 5.75. The number of pyridine rings is 1. The molecule has 0 radical (unpaired) electrons. The Morgan fingerprint density at radius 3 is 3.00 bits per heavy atom. The van der Waals surface area contributed by atoms with Crippen molar-refractivity contribution in [3.05, 3.63) is 23.5 Å². The van der Waals surface area contributed by atoms with E-state index in [4.69, 9.17) is 16.3 Å². The Labute approximate surface area is 86.9 Å². The number of halogens is 1. The molecule has 1 aromatic rings. The number of aliphatic hydroxyl groups is 1. The highest BCUT2D eigenvalue weighted by Gasteiger charge is 2.26. The minimum Gasteiger partial charge on any atom is -0.485 e. The SMILES string of the molecule is OC1CNCC1Oc1cncc(Cl)c1. The summed E-state index contributed by atoms with van der Waals surface area (Å²) in [7, 11) is 0. The van der Waals surface area contributed by atoms with Crippen LogP contribution in [-0.4, -0.2) is 35.4 Å². The standard InChI is InChI=1S/C9H11ClN2O2/c10-6-1-7(3-11-2-6)14-9-5-12-4-8(9)13/h1-3,8-9,12-13H,4-5H2. The molecule has 2 atom stereocenters. The molecule has 4 nitrogen and oxygen atoms in total. The molecule has 1 aromatic heterocycles. The molecule has 2 unspecified atom stereocenters. The molecule has 1 fully saturated rings. The van der Waals surface area contributed by atoms with E-state index in [0.717, 1.165) is 0 Å². The molecule has 0 spiro atoms. The molecule has 1 saturated heterocycles. The van der Waals surface area contributed by atoms with Gasteiger partial charge in [-0.3, -0.25) is 4.98 Å². The largest absolute Gasteiger partial charge is 0.485 e. The van der Waals surface area contributed by atoms with Crippen molar-refractivity contribution in [1.82, 2.24) is 10.3 Å². The Bertz CT molecular complexity index is 321. The zero-order valence-corrected chi connectivity index (χ0v) is 8.24. The molecule has 2 rings (SSSR count). The molecule has 1 aliphatic rings. The lowest BCUT2D eigenvalue weighted by Crippen LogP contribution is -2.29. The number of hydrogen-bond acceptors (Lipinski definition) is 4. The monoisotopic (exact) mass is 214 g/mol. The van der Waals surface area contributed by atoms with E-state index < -0.39 is 6.10 Å². The third-order valence-corrected chi connectivity index (χ3v) is 2.30. The molecule has 5 heteroatoms. The molecule has 2 N–H and O–H groups in total. The lowest BCUT2D eigenvalue weighted by atomic mass is 10.2. The van der Waals surface area contributed by atoms with Gasteiger partial charge in [-0.15, -0.1) is 0 Å². The smallest absolute Gasteiger partial charge is 0.139 e. The quantitative estimate of drug-likeness (QED) is 0.751. The Kier molecular flexibility index (Phi) is 2.86. The van der Waals surface area contributed by atoms with Gasteiger partial charge in [0, 0.05) is 25.4 Å². The van der Waals surface area contributed by atoms with E-state index in [1.54, 1.807) is 12.3 Å². The summed E-state index contributed by atoms with van der Waals surface area (Å²) in [5, 5.41) is 13.0. The number of β-amino-alcohol motifs (C(OH)–C–C–N with tert-alkyl or cyclic N) is 1. The van der Waals surface area contributed by atoms with Crippen molar-refractivity contribution in [3.8, 4) is 5.75 Å². The molecule has 0 saturated carbocycles. The van der Waals surface area contributed by atoms with Gasteiger partial charge in [0.05, 0.1) is 11.2 Å². The van der Waals surface area contributed by atoms with E-state index in [9.17, 15) is 5.11 Å². The molecule has 76 valence electrons. The van der Waals surface area contributed by atoms with Gasteiger partial charge in [0.2, 0.25) is 0 Å². The summed E-state index contributed by atoms with van der Waals surface area (Å²) in [6, 6.07) is 1.68. The summed E-state index contributed by atoms with van der Waals surface area (Å²) in [5.74, 6) is 0.588. The molecule has 14 heavy (non-hydrogen) atoms. The van der Waals surface area contributed by atoms with Gasteiger partial charge in [-0.2, -0.15) is 0 Å². The van der Waals surface area contributed by atoms with Crippen LogP contribution < -0.4 is 10.1 Å². The number of ether oxygens (including phenoxy) is 1. The first-order valence-electron chi connectivity index (χ1n) is 4.42. The van der Waals surface area contributed by atoms with Crippen molar-refractivity contribution in [3.63, 3.8) is 0 Å². The summed E-state index contributed by atoms with van der Waals surface area (Å²) in [6.07, 6.45) is 2.44. The van der Waals surface area contributed by atoms with Gasteiger partial charge in [-0.05, 0) is 0 Å². The first-order valence-corrected chi connectivity index (χ1v) is 4.79. The van der Waals surface area contributed by atoms with Crippen LogP contribution in [0, 0.1) is 0 Å². The van der Waals surface area contributed by atoms with Gasteiger partial charge < -0.3 is 15.2 Å². The van der Waals surface area contributed by atoms with Gasteiger partial charge in [0.1, 0.15) is 18.0 Å². The maximum absolute atomic E-state index is 9.48. The van der Waals surface area contributed by atoms with E-state index in [1.807, 2.05) is 0 Å².